The number of nitriles is 1. The molecule has 1 aromatic rings. The van der Waals surface area contributed by atoms with E-state index in [1.807, 2.05) is 6.07 Å². The fraction of sp³-hybridized carbons (Fsp3) is 0.385. The topological polar surface area (TPSA) is 87.2 Å². The Labute approximate surface area is 111 Å². The lowest BCUT2D eigenvalue weighted by molar-refractivity contribution is -0.385. The Morgan fingerprint density at radius 1 is 1.58 bits per heavy atom. The first kappa shape index (κ1) is 14.6. The maximum Gasteiger partial charge on any atom is 0.282 e. The van der Waals surface area contributed by atoms with Crippen molar-refractivity contribution >= 4 is 11.6 Å². The molecule has 1 atom stereocenters. The molecule has 1 rings (SSSR count). The van der Waals surface area contributed by atoms with Crippen LogP contribution >= 0.6 is 0 Å². The van der Waals surface area contributed by atoms with E-state index in [2.05, 4.69) is 0 Å². The quantitative estimate of drug-likeness (QED) is 0.613. The van der Waals surface area contributed by atoms with Crippen molar-refractivity contribution in [3.8, 4) is 6.07 Å². The Kier molecular flexibility index (Phi) is 4.59. The molecule has 0 fully saturated rings. The van der Waals surface area contributed by atoms with E-state index < -0.39 is 10.8 Å². The minimum atomic E-state index is -0.568. The van der Waals surface area contributed by atoms with Crippen molar-refractivity contribution in [3.05, 3.63) is 39.4 Å². The van der Waals surface area contributed by atoms with Crippen molar-refractivity contribution in [2.75, 3.05) is 13.6 Å². The first-order valence-corrected chi connectivity index (χ1v) is 5.77. The summed E-state index contributed by atoms with van der Waals surface area (Å²) < 4.78 is 0. The minimum absolute atomic E-state index is 0.0835. The van der Waals surface area contributed by atoms with Crippen LogP contribution < -0.4 is 0 Å². The molecule has 0 saturated heterocycles. The number of nitro benzene ring substituents is 1. The summed E-state index contributed by atoms with van der Waals surface area (Å²) in [4.78, 5) is 24.0. The van der Waals surface area contributed by atoms with Crippen molar-refractivity contribution in [1.82, 2.24) is 4.90 Å². The van der Waals surface area contributed by atoms with Crippen molar-refractivity contribution in [3.63, 3.8) is 0 Å². The maximum absolute atomic E-state index is 12.3. The van der Waals surface area contributed by atoms with Gasteiger partial charge in [-0.1, -0.05) is 12.1 Å². The average Bonchev–Trinajstić information content (AvgIpc) is 2.37. The summed E-state index contributed by atoms with van der Waals surface area (Å²) in [5.74, 6) is -0.760. The molecule has 0 heterocycles. The molecule has 0 saturated carbocycles. The summed E-state index contributed by atoms with van der Waals surface area (Å²) in [7, 11) is 1.53. The highest BCUT2D eigenvalue weighted by molar-refractivity contribution is 5.99. The molecule has 1 aromatic carbocycles. The van der Waals surface area contributed by atoms with E-state index in [4.69, 9.17) is 5.26 Å². The van der Waals surface area contributed by atoms with Gasteiger partial charge in [0, 0.05) is 19.7 Å². The van der Waals surface area contributed by atoms with Gasteiger partial charge in [-0.2, -0.15) is 5.26 Å². The molecule has 0 radical (unpaired) electrons. The van der Waals surface area contributed by atoms with Crippen LogP contribution in [0.4, 0.5) is 5.69 Å². The molecular weight excluding hydrogens is 246 g/mol. The van der Waals surface area contributed by atoms with E-state index >= 15 is 0 Å². The van der Waals surface area contributed by atoms with Gasteiger partial charge in [0.1, 0.15) is 5.56 Å². The number of benzene rings is 1. The Morgan fingerprint density at radius 2 is 2.21 bits per heavy atom. The summed E-state index contributed by atoms with van der Waals surface area (Å²) in [5, 5.41) is 19.7. The van der Waals surface area contributed by atoms with Crippen LogP contribution in [0, 0.1) is 34.3 Å². The van der Waals surface area contributed by atoms with E-state index in [9.17, 15) is 14.9 Å². The third kappa shape index (κ3) is 3.28. The number of nitrogens with zero attached hydrogens (tertiary/aromatic N) is 3. The molecule has 0 aliphatic heterocycles. The molecule has 6 nitrogen and oxygen atoms in total. The van der Waals surface area contributed by atoms with Gasteiger partial charge in [0.15, 0.2) is 0 Å². The van der Waals surface area contributed by atoms with Gasteiger partial charge >= 0.3 is 0 Å². The van der Waals surface area contributed by atoms with Crippen molar-refractivity contribution in [2.45, 2.75) is 13.8 Å². The van der Waals surface area contributed by atoms with Crippen LogP contribution in [0.25, 0.3) is 0 Å². The van der Waals surface area contributed by atoms with Crippen LogP contribution in [-0.2, 0) is 0 Å². The van der Waals surface area contributed by atoms with Crippen LogP contribution in [0.5, 0.6) is 0 Å². The second-order valence-electron chi connectivity index (χ2n) is 4.44. The van der Waals surface area contributed by atoms with Crippen molar-refractivity contribution in [2.24, 2.45) is 5.92 Å². The van der Waals surface area contributed by atoms with Crippen LogP contribution in [0.15, 0.2) is 18.2 Å². The predicted octanol–water partition coefficient (Wildman–Crippen LogP) is 2.13. The number of hydrogen-bond donors (Lipinski definition) is 0. The van der Waals surface area contributed by atoms with Gasteiger partial charge in [0.05, 0.1) is 16.9 Å². The Balaban J connectivity index is 3.13. The molecule has 0 bridgehead atoms. The minimum Gasteiger partial charge on any atom is -0.340 e. The Bertz CT molecular complexity index is 549. The molecule has 6 heteroatoms. The zero-order chi connectivity index (χ0) is 14.6. The number of nitro groups is 1. The summed E-state index contributed by atoms with van der Waals surface area (Å²) in [5.41, 5.74) is 0.428. The Morgan fingerprint density at radius 3 is 2.74 bits per heavy atom. The predicted molar refractivity (Wildman–Crippen MR) is 69.6 cm³/mol. The van der Waals surface area contributed by atoms with Crippen LogP contribution in [0.2, 0.25) is 0 Å². The number of rotatable bonds is 4. The van der Waals surface area contributed by atoms with E-state index in [-0.39, 0.29) is 23.7 Å². The zero-order valence-corrected chi connectivity index (χ0v) is 11.1. The second kappa shape index (κ2) is 5.96. The van der Waals surface area contributed by atoms with Gasteiger partial charge in [0.2, 0.25) is 0 Å². The highest BCUT2D eigenvalue weighted by atomic mass is 16.6. The standard InChI is InChI=1S/C13H15N3O3/c1-9(7-14)8-15(3)13(17)12-10(2)5-4-6-11(12)16(18)19/h4-6,9H,8H2,1-3H3. The summed E-state index contributed by atoms with van der Waals surface area (Å²) >= 11 is 0. The zero-order valence-electron chi connectivity index (χ0n) is 11.1. The highest BCUT2D eigenvalue weighted by Crippen LogP contribution is 2.23. The monoisotopic (exact) mass is 261 g/mol. The summed E-state index contributed by atoms with van der Waals surface area (Å²) in [6.07, 6.45) is 0. The van der Waals surface area contributed by atoms with Gasteiger partial charge in [0.25, 0.3) is 11.6 Å². The maximum atomic E-state index is 12.3. The van der Waals surface area contributed by atoms with Gasteiger partial charge in [-0.3, -0.25) is 14.9 Å². The van der Waals surface area contributed by atoms with E-state index in [1.165, 1.54) is 18.0 Å². The van der Waals surface area contributed by atoms with Crippen LogP contribution in [0.3, 0.4) is 0 Å². The third-order valence-electron chi connectivity index (χ3n) is 2.78. The first-order valence-electron chi connectivity index (χ1n) is 5.77. The lowest BCUT2D eigenvalue weighted by Crippen LogP contribution is -2.31. The summed E-state index contributed by atoms with van der Waals surface area (Å²) in [6.45, 7) is 3.58. The lowest BCUT2D eigenvalue weighted by atomic mass is 10.0. The molecule has 1 amide bonds. The average molecular weight is 261 g/mol. The van der Waals surface area contributed by atoms with Gasteiger partial charge in [-0.25, -0.2) is 0 Å². The van der Waals surface area contributed by atoms with E-state index in [0.717, 1.165) is 0 Å². The third-order valence-corrected chi connectivity index (χ3v) is 2.78. The molecule has 0 aromatic heterocycles. The Hall–Kier alpha value is -2.42. The van der Waals surface area contributed by atoms with Crippen LogP contribution in [-0.4, -0.2) is 29.3 Å². The fourth-order valence-electron chi connectivity index (χ4n) is 1.81. The molecule has 0 aliphatic carbocycles. The van der Waals surface area contributed by atoms with Crippen molar-refractivity contribution in [1.29, 1.82) is 5.26 Å². The van der Waals surface area contributed by atoms with E-state index in [0.29, 0.717) is 5.56 Å². The SMILES string of the molecule is Cc1cccc([N+](=O)[O-])c1C(=O)N(C)CC(C)C#N. The molecule has 1 unspecified atom stereocenters. The molecule has 19 heavy (non-hydrogen) atoms. The largest absolute Gasteiger partial charge is 0.340 e. The summed E-state index contributed by atoms with van der Waals surface area (Å²) in [6, 6.07) is 6.53. The molecular formula is C13H15N3O3. The lowest BCUT2D eigenvalue weighted by Gasteiger charge is -2.19. The van der Waals surface area contributed by atoms with E-state index in [1.54, 1.807) is 26.0 Å². The smallest absolute Gasteiger partial charge is 0.282 e. The van der Waals surface area contributed by atoms with Crippen LogP contribution in [0.1, 0.15) is 22.8 Å². The number of hydrogen-bond acceptors (Lipinski definition) is 4. The van der Waals surface area contributed by atoms with Gasteiger partial charge in [-0.05, 0) is 19.4 Å². The van der Waals surface area contributed by atoms with Crippen molar-refractivity contribution < 1.29 is 9.72 Å². The normalized spacial score (nSPS) is 11.5. The van der Waals surface area contributed by atoms with Gasteiger partial charge in [-0.15, -0.1) is 0 Å². The number of carbonyl (C=O) groups is 1. The molecule has 0 N–H and O–H groups in total. The molecule has 0 aliphatic rings. The fourth-order valence-corrected chi connectivity index (χ4v) is 1.81. The van der Waals surface area contributed by atoms with Gasteiger partial charge < -0.3 is 4.90 Å². The number of carbonyl (C=O) groups excluding carboxylic acids is 1. The second-order valence-corrected chi connectivity index (χ2v) is 4.44. The number of aryl methyl sites for hydroxylation is 1. The highest BCUT2D eigenvalue weighted by Gasteiger charge is 2.25. The number of amides is 1. The molecule has 100 valence electrons. The first-order chi connectivity index (χ1) is 8.88. The molecule has 0 spiro atoms.